The van der Waals surface area contributed by atoms with Gasteiger partial charge in [-0.3, -0.25) is 10.1 Å². The van der Waals surface area contributed by atoms with Crippen LogP contribution in [0.1, 0.15) is 26.2 Å². The van der Waals surface area contributed by atoms with Crippen molar-refractivity contribution >= 4 is 23.4 Å². The van der Waals surface area contributed by atoms with E-state index in [0.29, 0.717) is 29.4 Å². The molecular weight excluding hydrogens is 280 g/mol. The van der Waals surface area contributed by atoms with Crippen LogP contribution in [0.4, 0.5) is 11.6 Å². The van der Waals surface area contributed by atoms with Crippen LogP contribution < -0.4 is 5.32 Å². The number of aromatic nitrogens is 2. The second kappa shape index (κ2) is 7.39. The van der Waals surface area contributed by atoms with Gasteiger partial charge in [-0.2, -0.15) is 4.98 Å². The molecule has 0 radical (unpaired) electrons. The fourth-order valence-electron chi connectivity index (χ4n) is 1.85. The smallest absolute Gasteiger partial charge is 0.319 e. The first-order valence-electron chi connectivity index (χ1n) is 6.70. The van der Waals surface area contributed by atoms with Crippen molar-refractivity contribution in [3.8, 4) is 0 Å². The fraction of sp³-hybridized carbons (Fsp3) is 0.667. The van der Waals surface area contributed by atoms with Gasteiger partial charge in [0.1, 0.15) is 6.20 Å². The van der Waals surface area contributed by atoms with Crippen molar-refractivity contribution in [1.29, 1.82) is 0 Å². The highest BCUT2D eigenvalue weighted by atomic mass is 32.2. The molecule has 0 saturated carbocycles. The van der Waals surface area contributed by atoms with Crippen molar-refractivity contribution in [3.05, 3.63) is 16.3 Å². The van der Waals surface area contributed by atoms with E-state index in [9.17, 15) is 10.1 Å². The van der Waals surface area contributed by atoms with E-state index in [1.165, 1.54) is 18.0 Å². The van der Waals surface area contributed by atoms with E-state index in [1.807, 2.05) is 6.92 Å². The number of anilines is 1. The number of nitrogens with one attached hydrogen (secondary N) is 1. The molecule has 0 spiro atoms. The molecule has 1 N–H and O–H groups in total. The summed E-state index contributed by atoms with van der Waals surface area (Å²) in [4.78, 5) is 18.9. The summed E-state index contributed by atoms with van der Waals surface area (Å²) < 4.78 is 5.30. The lowest BCUT2D eigenvalue weighted by Crippen LogP contribution is -2.18. The van der Waals surface area contributed by atoms with E-state index < -0.39 is 4.92 Å². The highest BCUT2D eigenvalue weighted by Crippen LogP contribution is 2.34. The third-order valence-electron chi connectivity index (χ3n) is 2.91. The first-order valence-corrected chi connectivity index (χ1v) is 7.58. The number of hydrogen-bond donors (Lipinski definition) is 1. The predicted octanol–water partition coefficient (Wildman–Crippen LogP) is 2.48. The molecule has 0 aliphatic carbocycles. The number of nitro groups is 1. The summed E-state index contributed by atoms with van der Waals surface area (Å²) in [6.07, 6.45) is 4.02. The first kappa shape index (κ1) is 15.0. The van der Waals surface area contributed by atoms with E-state index >= 15 is 0 Å². The van der Waals surface area contributed by atoms with Gasteiger partial charge in [-0.05, 0) is 19.3 Å². The minimum absolute atomic E-state index is 0.0245. The Morgan fingerprint density at radius 3 is 2.95 bits per heavy atom. The van der Waals surface area contributed by atoms with Gasteiger partial charge in [-0.1, -0.05) is 18.7 Å². The Bertz CT molecular complexity index is 466. The van der Waals surface area contributed by atoms with Gasteiger partial charge in [-0.25, -0.2) is 4.98 Å². The fourth-order valence-corrected chi connectivity index (χ4v) is 2.98. The van der Waals surface area contributed by atoms with Gasteiger partial charge < -0.3 is 10.1 Å². The van der Waals surface area contributed by atoms with Gasteiger partial charge >= 0.3 is 5.69 Å². The maximum Gasteiger partial charge on any atom is 0.319 e. The molecule has 1 aliphatic heterocycles. The summed E-state index contributed by atoms with van der Waals surface area (Å²) in [5, 5.41) is 14.9. The van der Waals surface area contributed by atoms with Gasteiger partial charge in [0, 0.05) is 25.0 Å². The Labute approximate surface area is 121 Å². The summed E-state index contributed by atoms with van der Waals surface area (Å²) >= 11 is 1.45. The largest absolute Gasteiger partial charge is 0.381 e. The van der Waals surface area contributed by atoms with Gasteiger partial charge in [0.05, 0.1) is 4.92 Å². The van der Waals surface area contributed by atoms with Crippen LogP contribution in [0.25, 0.3) is 0 Å². The Balaban J connectivity index is 2.14. The summed E-state index contributed by atoms with van der Waals surface area (Å²) in [5.41, 5.74) is -0.0245. The zero-order valence-electron chi connectivity index (χ0n) is 11.4. The number of rotatable bonds is 6. The van der Waals surface area contributed by atoms with Crippen molar-refractivity contribution in [2.75, 3.05) is 25.1 Å². The van der Waals surface area contributed by atoms with Crippen LogP contribution in [0.15, 0.2) is 11.2 Å². The molecule has 110 valence electrons. The zero-order valence-corrected chi connectivity index (χ0v) is 12.2. The molecule has 0 amide bonds. The topological polar surface area (TPSA) is 90.2 Å². The highest BCUT2D eigenvalue weighted by molar-refractivity contribution is 8.00. The molecule has 0 bridgehead atoms. The lowest BCUT2D eigenvalue weighted by atomic mass is 10.2. The Morgan fingerprint density at radius 2 is 2.30 bits per heavy atom. The lowest BCUT2D eigenvalue weighted by molar-refractivity contribution is -0.388. The first-order chi connectivity index (χ1) is 9.70. The Morgan fingerprint density at radius 1 is 1.55 bits per heavy atom. The molecule has 7 nitrogen and oxygen atoms in total. The average molecular weight is 298 g/mol. The number of nitrogens with zero attached hydrogens (tertiary/aromatic N) is 3. The molecule has 1 fully saturated rings. The molecule has 0 unspecified atom stereocenters. The molecule has 8 heteroatoms. The van der Waals surface area contributed by atoms with Crippen molar-refractivity contribution in [3.63, 3.8) is 0 Å². The summed E-state index contributed by atoms with van der Waals surface area (Å²) in [5.74, 6) is 0.451. The zero-order chi connectivity index (χ0) is 14.4. The van der Waals surface area contributed by atoms with Crippen LogP contribution in [0, 0.1) is 10.1 Å². The van der Waals surface area contributed by atoms with Gasteiger partial charge in [0.15, 0.2) is 5.03 Å². The Kier molecular flexibility index (Phi) is 5.54. The molecule has 1 aromatic heterocycles. The van der Waals surface area contributed by atoms with E-state index in [-0.39, 0.29) is 5.69 Å². The molecular formula is C12H18N4O3S. The van der Waals surface area contributed by atoms with E-state index in [1.54, 1.807) is 0 Å². The van der Waals surface area contributed by atoms with E-state index in [4.69, 9.17) is 4.74 Å². The minimum Gasteiger partial charge on any atom is -0.381 e. The minimum atomic E-state index is -0.425. The lowest BCUT2D eigenvalue weighted by Gasteiger charge is -2.20. The SMILES string of the molecule is CCCNc1ncc([N+](=O)[O-])c(SC2CCOCC2)n1. The maximum atomic E-state index is 11.1. The number of ether oxygens (including phenoxy) is 1. The van der Waals surface area contributed by atoms with Crippen molar-refractivity contribution in [1.82, 2.24) is 9.97 Å². The molecule has 1 aromatic rings. The standard InChI is InChI=1S/C12H18N4O3S/c1-2-5-13-12-14-8-10(16(17)18)11(15-12)20-9-3-6-19-7-4-9/h8-9H,2-7H2,1H3,(H,13,14,15). The second-order valence-electron chi connectivity index (χ2n) is 4.50. The number of hydrogen-bond acceptors (Lipinski definition) is 7. The van der Waals surface area contributed by atoms with Crippen LogP contribution in [0.5, 0.6) is 0 Å². The number of thioether (sulfide) groups is 1. The average Bonchev–Trinajstić information content (AvgIpc) is 2.46. The van der Waals surface area contributed by atoms with Crippen LogP contribution in [0.3, 0.4) is 0 Å². The second-order valence-corrected chi connectivity index (χ2v) is 5.79. The predicted molar refractivity (Wildman–Crippen MR) is 77.2 cm³/mol. The normalized spacial score (nSPS) is 16.1. The van der Waals surface area contributed by atoms with Gasteiger partial charge in [-0.15, -0.1) is 0 Å². The van der Waals surface area contributed by atoms with Crippen LogP contribution in [-0.4, -0.2) is 39.9 Å². The monoisotopic (exact) mass is 298 g/mol. The molecule has 2 rings (SSSR count). The molecule has 0 aromatic carbocycles. The van der Waals surface area contributed by atoms with E-state index in [0.717, 1.165) is 25.8 Å². The molecule has 0 atom stereocenters. The molecule has 1 aliphatic rings. The van der Waals surface area contributed by atoms with Crippen molar-refractivity contribution in [2.45, 2.75) is 36.5 Å². The quantitative estimate of drug-likeness (QED) is 0.490. The third-order valence-corrected chi connectivity index (χ3v) is 4.24. The van der Waals surface area contributed by atoms with Crippen molar-refractivity contribution < 1.29 is 9.66 Å². The molecule has 20 heavy (non-hydrogen) atoms. The molecule has 1 saturated heterocycles. The molecule has 2 heterocycles. The van der Waals surface area contributed by atoms with Crippen LogP contribution >= 0.6 is 11.8 Å². The third kappa shape index (κ3) is 4.04. The van der Waals surface area contributed by atoms with Crippen molar-refractivity contribution in [2.24, 2.45) is 0 Å². The summed E-state index contributed by atoms with van der Waals surface area (Å²) in [7, 11) is 0. The van der Waals surface area contributed by atoms with Crippen LogP contribution in [0.2, 0.25) is 0 Å². The van der Waals surface area contributed by atoms with Gasteiger partial charge in [0.2, 0.25) is 5.95 Å². The maximum absolute atomic E-state index is 11.1. The Hall–Kier alpha value is -1.41. The van der Waals surface area contributed by atoms with Crippen LogP contribution in [-0.2, 0) is 4.74 Å². The summed E-state index contributed by atoms with van der Waals surface area (Å²) in [6, 6.07) is 0. The highest BCUT2D eigenvalue weighted by Gasteiger charge is 2.23. The summed E-state index contributed by atoms with van der Waals surface area (Å²) in [6.45, 7) is 4.20. The van der Waals surface area contributed by atoms with E-state index in [2.05, 4.69) is 15.3 Å². The van der Waals surface area contributed by atoms with Gasteiger partial charge in [0.25, 0.3) is 0 Å².